The normalized spacial score (nSPS) is 10.7. The van der Waals surface area contributed by atoms with Gasteiger partial charge in [-0.05, 0) is 52.8 Å². The molecular weight excluding hydrogens is 334 g/mol. The minimum atomic E-state index is 0.227. The zero-order valence-corrected chi connectivity index (χ0v) is 15.4. The number of nitrogens with two attached hydrogens (primary N) is 1. The maximum Gasteiger partial charge on any atom is 0.137 e. The number of phenols is 1. The summed E-state index contributed by atoms with van der Waals surface area (Å²) in [6, 6.07) is 23.7. The smallest absolute Gasteiger partial charge is 0.137 e. The van der Waals surface area contributed by atoms with E-state index in [1.54, 1.807) is 24.3 Å². The van der Waals surface area contributed by atoms with E-state index in [0.29, 0.717) is 19.4 Å². The highest BCUT2D eigenvalue weighted by molar-refractivity contribution is 5.80. The first kappa shape index (κ1) is 18.9. The third-order valence-corrected chi connectivity index (χ3v) is 4.74. The van der Waals surface area contributed by atoms with Gasteiger partial charge < -0.3 is 10.8 Å². The fourth-order valence-corrected chi connectivity index (χ4v) is 3.12. The molecule has 27 heavy (non-hydrogen) atoms. The lowest BCUT2D eigenvalue weighted by atomic mass is 9.99. The molecule has 0 heterocycles. The molecule has 3 rings (SSSR count). The SMILES string of the molecule is NCc1ccc(-c2ccc(CCCC(=O)Cc3ccc(O)cc3)cc2)cc1. The van der Waals surface area contributed by atoms with E-state index in [9.17, 15) is 9.90 Å². The van der Waals surface area contributed by atoms with Crippen molar-refractivity contribution < 1.29 is 9.90 Å². The van der Waals surface area contributed by atoms with Gasteiger partial charge in [-0.1, -0.05) is 60.7 Å². The van der Waals surface area contributed by atoms with Gasteiger partial charge in [-0.2, -0.15) is 0 Å². The largest absolute Gasteiger partial charge is 0.508 e. The number of Topliss-reactive ketones (excluding diaryl/α,β-unsaturated/α-hetero) is 1. The first-order valence-electron chi connectivity index (χ1n) is 9.32. The highest BCUT2D eigenvalue weighted by Crippen LogP contribution is 2.21. The molecule has 138 valence electrons. The Labute approximate surface area is 160 Å². The summed E-state index contributed by atoms with van der Waals surface area (Å²) in [5.41, 5.74) is 11.3. The first-order chi connectivity index (χ1) is 13.1. The van der Waals surface area contributed by atoms with E-state index < -0.39 is 0 Å². The average molecular weight is 359 g/mol. The van der Waals surface area contributed by atoms with Crippen LogP contribution in [0.2, 0.25) is 0 Å². The average Bonchev–Trinajstić information content (AvgIpc) is 2.70. The van der Waals surface area contributed by atoms with Crippen LogP contribution in [0.3, 0.4) is 0 Å². The number of ketones is 1. The van der Waals surface area contributed by atoms with Crippen LogP contribution in [0, 0.1) is 0 Å². The van der Waals surface area contributed by atoms with Gasteiger partial charge in [0.25, 0.3) is 0 Å². The van der Waals surface area contributed by atoms with Crippen molar-refractivity contribution in [1.29, 1.82) is 0 Å². The molecule has 3 nitrogen and oxygen atoms in total. The molecule has 3 aromatic carbocycles. The highest BCUT2D eigenvalue weighted by atomic mass is 16.3. The van der Waals surface area contributed by atoms with Gasteiger partial charge in [-0.3, -0.25) is 4.79 Å². The summed E-state index contributed by atoms with van der Waals surface area (Å²) in [5, 5.41) is 9.28. The van der Waals surface area contributed by atoms with Crippen LogP contribution in [0.5, 0.6) is 5.75 Å². The molecular formula is C24H25NO2. The van der Waals surface area contributed by atoms with Gasteiger partial charge in [-0.25, -0.2) is 0 Å². The molecule has 0 spiro atoms. The molecule has 0 unspecified atom stereocenters. The summed E-state index contributed by atoms with van der Waals surface area (Å²) in [6.07, 6.45) is 2.75. The number of carbonyl (C=O) groups is 1. The Bertz CT molecular complexity index is 866. The van der Waals surface area contributed by atoms with Crippen molar-refractivity contribution in [3.63, 3.8) is 0 Å². The van der Waals surface area contributed by atoms with E-state index in [2.05, 4.69) is 48.5 Å². The quantitative estimate of drug-likeness (QED) is 0.615. The number of carbonyl (C=O) groups excluding carboxylic acids is 1. The molecule has 3 heteroatoms. The van der Waals surface area contributed by atoms with Gasteiger partial charge in [0.05, 0.1) is 0 Å². The van der Waals surface area contributed by atoms with E-state index in [1.807, 2.05) is 0 Å². The lowest BCUT2D eigenvalue weighted by molar-refractivity contribution is -0.118. The molecule has 0 atom stereocenters. The Hall–Kier alpha value is -2.91. The van der Waals surface area contributed by atoms with Gasteiger partial charge in [0.2, 0.25) is 0 Å². The Morgan fingerprint density at radius 1 is 0.741 bits per heavy atom. The minimum absolute atomic E-state index is 0.227. The van der Waals surface area contributed by atoms with Crippen molar-refractivity contribution in [3.05, 3.63) is 89.5 Å². The Kier molecular flexibility index (Phi) is 6.39. The number of aromatic hydroxyl groups is 1. The standard InChI is InChI=1S/C24H25NO2/c25-17-20-6-12-22(13-7-20)21-10-4-18(5-11-21)2-1-3-24(27)16-19-8-14-23(26)15-9-19/h4-15,26H,1-3,16-17,25H2. The number of rotatable bonds is 8. The maximum absolute atomic E-state index is 12.1. The Balaban J connectivity index is 1.48. The maximum atomic E-state index is 12.1. The van der Waals surface area contributed by atoms with Gasteiger partial charge >= 0.3 is 0 Å². The Morgan fingerprint density at radius 3 is 1.81 bits per heavy atom. The van der Waals surface area contributed by atoms with Crippen LogP contribution in [0.15, 0.2) is 72.8 Å². The summed E-state index contributed by atoms with van der Waals surface area (Å²) in [5.74, 6) is 0.460. The van der Waals surface area contributed by atoms with Crippen LogP contribution in [0.1, 0.15) is 29.5 Å². The second kappa shape index (κ2) is 9.15. The zero-order valence-electron chi connectivity index (χ0n) is 15.4. The first-order valence-corrected chi connectivity index (χ1v) is 9.32. The third kappa shape index (κ3) is 5.53. The summed E-state index contributed by atoms with van der Waals surface area (Å²) in [6.45, 7) is 0.560. The number of hydrogen-bond donors (Lipinski definition) is 2. The topological polar surface area (TPSA) is 63.3 Å². The molecule has 0 aliphatic heterocycles. The van der Waals surface area contributed by atoms with Crippen molar-refractivity contribution in [2.45, 2.75) is 32.2 Å². The van der Waals surface area contributed by atoms with E-state index >= 15 is 0 Å². The monoisotopic (exact) mass is 359 g/mol. The highest BCUT2D eigenvalue weighted by Gasteiger charge is 2.05. The van der Waals surface area contributed by atoms with Crippen LogP contribution < -0.4 is 5.73 Å². The molecule has 0 aliphatic carbocycles. The number of aryl methyl sites for hydroxylation is 1. The molecule has 0 radical (unpaired) electrons. The van der Waals surface area contributed by atoms with Crippen molar-refractivity contribution in [2.75, 3.05) is 0 Å². The van der Waals surface area contributed by atoms with E-state index in [-0.39, 0.29) is 11.5 Å². The molecule has 0 aromatic heterocycles. The van der Waals surface area contributed by atoms with Gasteiger partial charge in [0.1, 0.15) is 11.5 Å². The predicted molar refractivity (Wildman–Crippen MR) is 110 cm³/mol. The molecule has 0 saturated carbocycles. The second-order valence-corrected chi connectivity index (χ2v) is 6.83. The van der Waals surface area contributed by atoms with Crippen LogP contribution in [0.4, 0.5) is 0 Å². The molecule has 3 N–H and O–H groups in total. The summed E-state index contributed by atoms with van der Waals surface area (Å²) < 4.78 is 0. The van der Waals surface area contributed by atoms with Crippen molar-refractivity contribution in [2.24, 2.45) is 5.73 Å². The Morgan fingerprint density at radius 2 is 1.26 bits per heavy atom. The fourth-order valence-electron chi connectivity index (χ4n) is 3.12. The molecule has 0 amide bonds. The number of hydrogen-bond acceptors (Lipinski definition) is 3. The fraction of sp³-hybridized carbons (Fsp3) is 0.208. The summed E-state index contributed by atoms with van der Waals surface area (Å²) in [7, 11) is 0. The molecule has 0 saturated heterocycles. The van der Waals surface area contributed by atoms with Crippen LogP contribution in [-0.2, 0) is 24.2 Å². The molecule has 0 bridgehead atoms. The minimum Gasteiger partial charge on any atom is -0.508 e. The molecule has 0 aliphatic rings. The van der Waals surface area contributed by atoms with Crippen molar-refractivity contribution in [3.8, 4) is 16.9 Å². The van der Waals surface area contributed by atoms with E-state index in [4.69, 9.17) is 5.73 Å². The molecule has 3 aromatic rings. The molecule has 0 fully saturated rings. The van der Waals surface area contributed by atoms with Crippen LogP contribution in [0.25, 0.3) is 11.1 Å². The zero-order chi connectivity index (χ0) is 19.1. The lowest BCUT2D eigenvalue weighted by Crippen LogP contribution is -2.03. The van der Waals surface area contributed by atoms with Crippen molar-refractivity contribution >= 4 is 5.78 Å². The van der Waals surface area contributed by atoms with E-state index in [1.165, 1.54) is 16.7 Å². The van der Waals surface area contributed by atoms with E-state index in [0.717, 1.165) is 24.0 Å². The second-order valence-electron chi connectivity index (χ2n) is 6.83. The summed E-state index contributed by atoms with van der Waals surface area (Å²) in [4.78, 5) is 12.1. The van der Waals surface area contributed by atoms with Crippen LogP contribution in [-0.4, -0.2) is 10.9 Å². The van der Waals surface area contributed by atoms with Gasteiger partial charge in [0.15, 0.2) is 0 Å². The van der Waals surface area contributed by atoms with Crippen LogP contribution >= 0.6 is 0 Å². The lowest BCUT2D eigenvalue weighted by Gasteiger charge is -2.06. The predicted octanol–water partition coefficient (Wildman–Crippen LogP) is 4.65. The number of benzene rings is 3. The third-order valence-electron chi connectivity index (χ3n) is 4.74. The number of phenolic OH excluding ortho intramolecular Hbond substituents is 1. The van der Waals surface area contributed by atoms with Gasteiger partial charge in [-0.15, -0.1) is 0 Å². The summed E-state index contributed by atoms with van der Waals surface area (Å²) >= 11 is 0. The van der Waals surface area contributed by atoms with Crippen molar-refractivity contribution in [1.82, 2.24) is 0 Å². The van der Waals surface area contributed by atoms with Gasteiger partial charge in [0, 0.05) is 19.4 Å².